The number of nitrogens with zero attached hydrogens (tertiary/aromatic N) is 4. The van der Waals surface area contributed by atoms with Gasteiger partial charge in [0.05, 0.1) is 12.5 Å². The summed E-state index contributed by atoms with van der Waals surface area (Å²) in [5, 5.41) is 7.46. The minimum atomic E-state index is -3.81. The maximum atomic E-state index is 15.7. The molecule has 1 aliphatic heterocycles. The molecule has 3 heterocycles. The number of nitrogens with one attached hydrogen (secondary N) is 2. The number of hydrogen-bond donors (Lipinski definition) is 2. The minimum absolute atomic E-state index is 0.0646. The Balaban J connectivity index is 1.46. The molecule has 0 radical (unpaired) electrons. The highest BCUT2D eigenvalue weighted by atomic mass is 32.2. The van der Waals surface area contributed by atoms with Gasteiger partial charge in [0, 0.05) is 38.7 Å². The van der Waals surface area contributed by atoms with Crippen molar-refractivity contribution in [1.82, 2.24) is 24.2 Å². The van der Waals surface area contributed by atoms with E-state index in [1.54, 1.807) is 29.2 Å². The Kier molecular flexibility index (Phi) is 7.04. The number of amides is 2. The first-order valence-electron chi connectivity index (χ1n) is 12.3. The van der Waals surface area contributed by atoms with E-state index in [1.807, 2.05) is 41.1 Å². The van der Waals surface area contributed by atoms with Crippen molar-refractivity contribution in [3.8, 4) is 0 Å². The van der Waals surface area contributed by atoms with Crippen molar-refractivity contribution in [2.75, 3.05) is 24.7 Å². The number of fused-ring (bicyclic) bond motifs is 1. The highest BCUT2D eigenvalue weighted by molar-refractivity contribution is 7.89. The molecule has 2 amide bonds. The molecule has 0 spiro atoms. The van der Waals surface area contributed by atoms with Crippen molar-refractivity contribution >= 4 is 33.3 Å². The fourth-order valence-electron chi connectivity index (χ4n) is 4.68. The van der Waals surface area contributed by atoms with Gasteiger partial charge in [-0.05, 0) is 11.1 Å². The molecular formula is C27H27FN6O4S. The second-order valence-electron chi connectivity index (χ2n) is 9.48. The lowest BCUT2D eigenvalue weighted by Crippen LogP contribution is -2.43. The Bertz CT molecular complexity index is 1620. The predicted molar refractivity (Wildman–Crippen MR) is 143 cm³/mol. The highest BCUT2D eigenvalue weighted by Crippen LogP contribution is 2.37. The summed E-state index contributed by atoms with van der Waals surface area (Å²) in [7, 11) is -3.81. The Morgan fingerprint density at radius 2 is 1.62 bits per heavy atom. The number of alkyl halides is 1. The molecule has 0 bridgehead atoms. The van der Waals surface area contributed by atoms with E-state index in [-0.39, 0.29) is 54.4 Å². The van der Waals surface area contributed by atoms with Gasteiger partial charge >= 0.3 is 0 Å². The van der Waals surface area contributed by atoms with Gasteiger partial charge in [-0.3, -0.25) is 9.59 Å². The number of hydrogen-bond acceptors (Lipinski definition) is 7. The Hall–Kier alpha value is -4.32. The first-order valence-corrected chi connectivity index (χ1v) is 14.2. The van der Waals surface area contributed by atoms with Gasteiger partial charge in [0.2, 0.25) is 10.0 Å². The molecular weight excluding hydrogens is 523 g/mol. The third-order valence-electron chi connectivity index (χ3n) is 6.72. The molecule has 0 unspecified atom stereocenters. The van der Waals surface area contributed by atoms with Gasteiger partial charge in [0.25, 0.3) is 11.8 Å². The third kappa shape index (κ3) is 5.60. The predicted octanol–water partition coefficient (Wildman–Crippen LogP) is 3.13. The molecule has 39 heavy (non-hydrogen) atoms. The van der Waals surface area contributed by atoms with E-state index in [1.165, 1.54) is 16.9 Å². The van der Waals surface area contributed by atoms with Crippen molar-refractivity contribution in [3.05, 3.63) is 95.3 Å². The standard InChI is InChI=1S/C27H27FN6O4S/c1-39(37,38)32-25(35)21-18-31-34-23(21)30-17-22(24(34)29-16-19-8-4-2-5-9-19)26(36)33-14-12-27(28,13-15-33)20-10-6-3-7-11-20/h2-11,17-18,29H,12-16H2,1H3,(H,32,35). The van der Waals surface area contributed by atoms with E-state index >= 15 is 4.39 Å². The largest absolute Gasteiger partial charge is 0.365 e. The Labute approximate surface area is 224 Å². The summed E-state index contributed by atoms with van der Waals surface area (Å²) >= 11 is 0. The highest BCUT2D eigenvalue weighted by Gasteiger charge is 2.38. The first-order chi connectivity index (χ1) is 18.6. The number of aromatic nitrogens is 3. The number of carbonyl (C=O) groups is 2. The summed E-state index contributed by atoms with van der Waals surface area (Å²) < 4.78 is 42.1. The molecule has 1 saturated heterocycles. The van der Waals surface area contributed by atoms with Gasteiger partial charge in [-0.1, -0.05) is 60.7 Å². The van der Waals surface area contributed by atoms with Crippen molar-refractivity contribution in [3.63, 3.8) is 0 Å². The van der Waals surface area contributed by atoms with Gasteiger partial charge < -0.3 is 10.2 Å². The molecule has 2 aromatic carbocycles. The molecule has 4 aromatic rings. The van der Waals surface area contributed by atoms with Crippen molar-refractivity contribution < 1.29 is 22.4 Å². The molecule has 12 heteroatoms. The zero-order valence-electron chi connectivity index (χ0n) is 21.2. The monoisotopic (exact) mass is 550 g/mol. The summed E-state index contributed by atoms with van der Waals surface area (Å²) in [6.45, 7) is 0.760. The van der Waals surface area contributed by atoms with Crippen LogP contribution in [0, 0.1) is 0 Å². The maximum Gasteiger partial charge on any atom is 0.270 e. The van der Waals surface area contributed by atoms with E-state index in [2.05, 4.69) is 15.4 Å². The third-order valence-corrected chi connectivity index (χ3v) is 7.27. The van der Waals surface area contributed by atoms with Crippen LogP contribution in [-0.4, -0.2) is 59.1 Å². The van der Waals surface area contributed by atoms with Crippen LogP contribution in [0.1, 0.15) is 44.7 Å². The zero-order valence-corrected chi connectivity index (χ0v) is 22.0. The van der Waals surface area contributed by atoms with Crippen molar-refractivity contribution in [1.29, 1.82) is 0 Å². The number of carbonyl (C=O) groups excluding carboxylic acids is 2. The normalized spacial score (nSPS) is 15.2. The van der Waals surface area contributed by atoms with Crippen LogP contribution in [0.15, 0.2) is 73.1 Å². The molecule has 2 aromatic heterocycles. The maximum absolute atomic E-state index is 15.7. The van der Waals surface area contributed by atoms with E-state index in [9.17, 15) is 18.0 Å². The van der Waals surface area contributed by atoms with Crippen molar-refractivity contribution in [2.45, 2.75) is 25.1 Å². The number of sulfonamides is 1. The topological polar surface area (TPSA) is 126 Å². The molecule has 1 fully saturated rings. The summed E-state index contributed by atoms with van der Waals surface area (Å²) in [6.07, 6.45) is 3.71. The second kappa shape index (κ2) is 10.4. The van der Waals surface area contributed by atoms with Crippen molar-refractivity contribution in [2.24, 2.45) is 0 Å². The fraction of sp³-hybridized carbons (Fsp3) is 0.259. The molecule has 10 nitrogen and oxygen atoms in total. The second-order valence-corrected chi connectivity index (χ2v) is 11.2. The van der Waals surface area contributed by atoms with Crippen LogP contribution in [0.25, 0.3) is 5.65 Å². The van der Waals surface area contributed by atoms with Crippen LogP contribution in [0.5, 0.6) is 0 Å². The quantitative estimate of drug-likeness (QED) is 0.362. The lowest BCUT2D eigenvalue weighted by atomic mass is 9.86. The summed E-state index contributed by atoms with van der Waals surface area (Å²) in [5.41, 5.74) is 0.230. The Morgan fingerprint density at radius 1 is 0.974 bits per heavy atom. The molecule has 202 valence electrons. The van der Waals surface area contributed by atoms with E-state index in [4.69, 9.17) is 0 Å². The summed E-state index contributed by atoms with van der Waals surface area (Å²) in [6, 6.07) is 18.4. The summed E-state index contributed by atoms with van der Waals surface area (Å²) in [4.78, 5) is 32.1. The van der Waals surface area contributed by atoms with Crippen LogP contribution in [0.2, 0.25) is 0 Å². The average molecular weight is 551 g/mol. The number of piperidine rings is 1. The van der Waals surface area contributed by atoms with E-state index in [0.29, 0.717) is 12.1 Å². The van der Waals surface area contributed by atoms with E-state index < -0.39 is 21.6 Å². The molecule has 0 aliphatic carbocycles. The van der Waals surface area contributed by atoms with E-state index in [0.717, 1.165) is 11.8 Å². The first kappa shape index (κ1) is 26.3. The molecule has 0 atom stereocenters. The smallest absolute Gasteiger partial charge is 0.270 e. The lowest BCUT2D eigenvalue weighted by molar-refractivity contribution is 0.0421. The molecule has 2 N–H and O–H groups in total. The van der Waals surface area contributed by atoms with Gasteiger partial charge in [0.1, 0.15) is 22.6 Å². The Morgan fingerprint density at radius 3 is 2.26 bits per heavy atom. The van der Waals surface area contributed by atoms with Crippen LogP contribution in [-0.2, 0) is 22.2 Å². The average Bonchev–Trinajstić information content (AvgIpc) is 3.37. The van der Waals surface area contributed by atoms with Gasteiger partial charge in [-0.15, -0.1) is 0 Å². The molecule has 5 rings (SSSR count). The zero-order chi connectivity index (χ0) is 27.6. The lowest BCUT2D eigenvalue weighted by Gasteiger charge is -2.37. The number of anilines is 1. The van der Waals surface area contributed by atoms with Crippen LogP contribution in [0.3, 0.4) is 0 Å². The van der Waals surface area contributed by atoms with Crippen LogP contribution >= 0.6 is 0 Å². The molecule has 1 aliphatic rings. The number of likely N-dealkylation sites (tertiary alicyclic amines) is 1. The molecule has 0 saturated carbocycles. The van der Waals surface area contributed by atoms with Gasteiger partial charge in [-0.25, -0.2) is 22.5 Å². The van der Waals surface area contributed by atoms with Crippen LogP contribution < -0.4 is 10.0 Å². The van der Waals surface area contributed by atoms with Crippen LogP contribution in [0.4, 0.5) is 10.2 Å². The number of benzene rings is 2. The summed E-state index contributed by atoms with van der Waals surface area (Å²) in [5.74, 6) is -0.954. The number of halogens is 1. The fourth-order valence-corrected chi connectivity index (χ4v) is 5.13. The SMILES string of the molecule is CS(=O)(=O)NC(=O)c1cnn2c(NCc3ccccc3)c(C(=O)N3CCC(F)(c4ccccc4)CC3)cnc12. The minimum Gasteiger partial charge on any atom is -0.365 e. The number of rotatable bonds is 7. The van der Waals surface area contributed by atoms with Gasteiger partial charge in [0.15, 0.2) is 5.65 Å². The van der Waals surface area contributed by atoms with Gasteiger partial charge in [-0.2, -0.15) is 9.61 Å².